The molecule has 7 heteroatoms. The number of rotatable bonds is 6. The van der Waals surface area contributed by atoms with Gasteiger partial charge in [-0.1, -0.05) is 61.5 Å². The second-order valence-corrected chi connectivity index (χ2v) is 11.1. The van der Waals surface area contributed by atoms with Crippen LogP contribution in [0.5, 0.6) is 0 Å². The van der Waals surface area contributed by atoms with Gasteiger partial charge in [-0.05, 0) is 48.9 Å². The Hall–Kier alpha value is -3.52. The van der Waals surface area contributed by atoms with Crippen LogP contribution in [0.2, 0.25) is 0 Å². The van der Waals surface area contributed by atoms with Crippen molar-refractivity contribution in [2.24, 2.45) is 13.0 Å². The molecule has 1 aromatic heterocycles. The highest BCUT2D eigenvalue weighted by atomic mass is 19.1. The third-order valence-electron chi connectivity index (χ3n) is 8.08. The zero-order valence-corrected chi connectivity index (χ0v) is 23.7. The van der Waals surface area contributed by atoms with E-state index in [0.29, 0.717) is 31.9 Å². The molecule has 0 saturated heterocycles. The Morgan fingerprint density at radius 1 is 1.07 bits per heavy atom. The number of carbonyl (C=O) groups excluding carboxylic acids is 1. The average Bonchev–Trinajstić information content (AvgIpc) is 3.25. The highest BCUT2D eigenvalue weighted by molar-refractivity contribution is 6.10. The molecule has 3 atom stereocenters. The number of amides is 1. The number of aliphatic hydroxyl groups excluding tert-OH is 1. The number of likely N-dealkylation sites (N-methyl/N-ethyl adjacent to an activating group) is 1. The zero-order valence-electron chi connectivity index (χ0n) is 23.7. The predicted molar refractivity (Wildman–Crippen MR) is 156 cm³/mol. The normalized spacial score (nSPS) is 18.9. The minimum Gasteiger partial charge on any atom is -0.394 e. The number of halogens is 1. The first kappa shape index (κ1) is 28.0. The van der Waals surface area contributed by atoms with Gasteiger partial charge in [-0.3, -0.25) is 9.69 Å². The van der Waals surface area contributed by atoms with E-state index in [1.807, 2.05) is 55.9 Å². The first-order chi connectivity index (χ1) is 19.3. The fourth-order valence-corrected chi connectivity index (χ4v) is 5.80. The Morgan fingerprint density at radius 3 is 2.52 bits per heavy atom. The van der Waals surface area contributed by atoms with Gasteiger partial charge in [0, 0.05) is 49.1 Å². The standard InChI is InChI=1S/C33H38FN3O3/c1-22-17-37(23(2)20-38)33(39)32-31(28-11-7-8-12-29(28)36(32)4)27-10-6-5-9-25(27)21-40-30(22)19-35(3)18-24-13-15-26(34)16-14-24/h5-16,22-23,30,38H,17-21H2,1-4H3/t22-,23+,30+/m0/s1. The van der Waals surface area contributed by atoms with E-state index in [1.54, 1.807) is 17.0 Å². The summed E-state index contributed by atoms with van der Waals surface area (Å²) in [5.41, 5.74) is 5.53. The van der Waals surface area contributed by atoms with Crippen LogP contribution in [0.15, 0.2) is 72.8 Å². The number of aliphatic hydroxyl groups is 1. The first-order valence-corrected chi connectivity index (χ1v) is 13.9. The Labute approximate surface area is 235 Å². The summed E-state index contributed by atoms with van der Waals surface area (Å²) in [5.74, 6) is -0.365. The fraction of sp³-hybridized carbons (Fsp3) is 0.364. The van der Waals surface area contributed by atoms with Crippen molar-refractivity contribution in [3.05, 3.63) is 95.4 Å². The average molecular weight is 544 g/mol. The third kappa shape index (κ3) is 5.55. The van der Waals surface area contributed by atoms with Crippen LogP contribution in [-0.2, 0) is 24.9 Å². The van der Waals surface area contributed by atoms with E-state index >= 15 is 0 Å². The quantitative estimate of drug-likeness (QED) is 0.350. The van der Waals surface area contributed by atoms with Gasteiger partial charge in [-0.25, -0.2) is 4.39 Å². The van der Waals surface area contributed by atoms with Crippen LogP contribution in [0.4, 0.5) is 4.39 Å². The second-order valence-electron chi connectivity index (χ2n) is 11.1. The Balaban J connectivity index is 1.56. The molecule has 4 aromatic rings. The van der Waals surface area contributed by atoms with Crippen molar-refractivity contribution in [1.82, 2.24) is 14.4 Å². The number of ether oxygens (including phenoxy) is 1. The SMILES string of the molecule is C[C@H](CO)N1C[C@H](C)[C@@H](CN(C)Cc2ccc(F)cc2)OCc2ccccc2-c2c(n(C)c3ccccc23)C1=O. The van der Waals surface area contributed by atoms with Gasteiger partial charge >= 0.3 is 0 Å². The van der Waals surface area contributed by atoms with E-state index in [2.05, 4.69) is 30.0 Å². The molecule has 1 aliphatic heterocycles. The lowest BCUT2D eigenvalue weighted by Gasteiger charge is -2.35. The van der Waals surface area contributed by atoms with Crippen LogP contribution < -0.4 is 0 Å². The van der Waals surface area contributed by atoms with Gasteiger partial charge in [0.25, 0.3) is 5.91 Å². The van der Waals surface area contributed by atoms with Crippen LogP contribution in [0.1, 0.15) is 35.5 Å². The van der Waals surface area contributed by atoms with Gasteiger partial charge in [0.05, 0.1) is 25.4 Å². The predicted octanol–water partition coefficient (Wildman–Crippen LogP) is 5.47. The third-order valence-corrected chi connectivity index (χ3v) is 8.08. The highest BCUT2D eigenvalue weighted by Crippen LogP contribution is 2.38. The maximum atomic E-state index is 14.4. The van der Waals surface area contributed by atoms with E-state index in [9.17, 15) is 14.3 Å². The lowest BCUT2D eigenvalue weighted by atomic mass is 9.96. The molecule has 0 radical (unpaired) electrons. The lowest BCUT2D eigenvalue weighted by molar-refractivity contribution is -0.0242. The van der Waals surface area contributed by atoms with Gasteiger partial charge in [0.1, 0.15) is 11.5 Å². The number of para-hydroxylation sites is 1. The molecule has 0 fully saturated rings. The monoisotopic (exact) mass is 543 g/mol. The molecule has 1 amide bonds. The maximum absolute atomic E-state index is 14.4. The number of aromatic nitrogens is 1. The molecule has 0 saturated carbocycles. The van der Waals surface area contributed by atoms with Gasteiger partial charge in [-0.15, -0.1) is 0 Å². The second kappa shape index (κ2) is 11.9. The number of nitrogens with zero attached hydrogens (tertiary/aromatic N) is 3. The van der Waals surface area contributed by atoms with E-state index in [1.165, 1.54) is 12.1 Å². The largest absolute Gasteiger partial charge is 0.394 e. The van der Waals surface area contributed by atoms with Crippen LogP contribution in [-0.4, -0.2) is 64.3 Å². The van der Waals surface area contributed by atoms with Crippen molar-refractivity contribution >= 4 is 16.8 Å². The maximum Gasteiger partial charge on any atom is 0.271 e. The summed E-state index contributed by atoms with van der Waals surface area (Å²) < 4.78 is 22.1. The molecule has 1 N–H and O–H groups in total. The van der Waals surface area contributed by atoms with Crippen LogP contribution in [0.3, 0.4) is 0 Å². The van der Waals surface area contributed by atoms with E-state index < -0.39 is 0 Å². The lowest BCUT2D eigenvalue weighted by Crippen LogP contribution is -2.47. The number of aryl methyl sites for hydroxylation is 1. The minimum absolute atomic E-state index is 0.0167. The van der Waals surface area contributed by atoms with E-state index in [0.717, 1.165) is 33.2 Å². The van der Waals surface area contributed by atoms with Crippen molar-refractivity contribution < 1.29 is 19.0 Å². The summed E-state index contributed by atoms with van der Waals surface area (Å²) in [6.07, 6.45) is -0.183. The van der Waals surface area contributed by atoms with E-state index in [4.69, 9.17) is 4.74 Å². The molecule has 0 aliphatic carbocycles. The summed E-state index contributed by atoms with van der Waals surface area (Å²) in [6.45, 7) is 5.98. The van der Waals surface area contributed by atoms with Crippen LogP contribution >= 0.6 is 0 Å². The Bertz CT molecular complexity index is 1480. The molecule has 210 valence electrons. The molecule has 0 spiro atoms. The number of carbonyl (C=O) groups is 1. The molecule has 3 aromatic carbocycles. The molecular weight excluding hydrogens is 505 g/mol. The van der Waals surface area contributed by atoms with Crippen molar-refractivity contribution in [1.29, 1.82) is 0 Å². The molecule has 0 unspecified atom stereocenters. The Morgan fingerprint density at radius 2 is 1.77 bits per heavy atom. The number of hydrogen-bond acceptors (Lipinski definition) is 4. The first-order valence-electron chi connectivity index (χ1n) is 13.9. The van der Waals surface area contributed by atoms with Gasteiger partial charge in [0.15, 0.2) is 0 Å². The molecule has 5 rings (SSSR count). The molecule has 1 aliphatic rings. The van der Waals surface area contributed by atoms with Gasteiger partial charge < -0.3 is 19.3 Å². The summed E-state index contributed by atoms with van der Waals surface area (Å²) in [4.78, 5) is 18.4. The summed E-state index contributed by atoms with van der Waals surface area (Å²) in [6, 6.07) is 22.4. The van der Waals surface area contributed by atoms with Crippen LogP contribution in [0, 0.1) is 11.7 Å². The summed E-state index contributed by atoms with van der Waals surface area (Å²) in [7, 11) is 3.97. The number of hydrogen-bond donors (Lipinski definition) is 1. The van der Waals surface area contributed by atoms with Gasteiger partial charge in [0.2, 0.25) is 0 Å². The Kier molecular flexibility index (Phi) is 8.35. The smallest absolute Gasteiger partial charge is 0.271 e. The molecule has 2 heterocycles. The van der Waals surface area contributed by atoms with Crippen molar-refractivity contribution in [2.45, 2.75) is 39.1 Å². The van der Waals surface area contributed by atoms with Crippen molar-refractivity contribution in [3.63, 3.8) is 0 Å². The zero-order chi connectivity index (χ0) is 28.4. The van der Waals surface area contributed by atoms with Gasteiger partial charge in [-0.2, -0.15) is 0 Å². The van der Waals surface area contributed by atoms with Crippen molar-refractivity contribution in [3.8, 4) is 11.1 Å². The topological polar surface area (TPSA) is 57.9 Å². The molecule has 40 heavy (non-hydrogen) atoms. The molecule has 0 bridgehead atoms. The van der Waals surface area contributed by atoms with E-state index in [-0.39, 0.29) is 36.4 Å². The number of benzene rings is 3. The number of fused-ring (bicyclic) bond motifs is 5. The molecular formula is C33H38FN3O3. The highest BCUT2D eigenvalue weighted by Gasteiger charge is 2.33. The van der Waals surface area contributed by atoms with Crippen molar-refractivity contribution in [2.75, 3.05) is 26.7 Å². The minimum atomic E-state index is -0.366. The summed E-state index contributed by atoms with van der Waals surface area (Å²) in [5, 5.41) is 11.2. The summed E-state index contributed by atoms with van der Waals surface area (Å²) >= 11 is 0. The molecule has 6 nitrogen and oxygen atoms in total. The van der Waals surface area contributed by atoms with Crippen LogP contribution in [0.25, 0.3) is 22.0 Å². The fourth-order valence-electron chi connectivity index (χ4n) is 5.80.